The van der Waals surface area contributed by atoms with E-state index >= 15 is 0 Å². The van der Waals surface area contributed by atoms with E-state index in [-0.39, 0.29) is 23.6 Å². The van der Waals surface area contributed by atoms with Crippen LogP contribution in [0.3, 0.4) is 0 Å². The predicted octanol–water partition coefficient (Wildman–Crippen LogP) is 3.47. The minimum atomic E-state index is -1.09. The Kier molecular flexibility index (Phi) is 3.78. The second-order valence-electron chi connectivity index (χ2n) is 4.44. The number of ether oxygens (including phenoxy) is 1. The van der Waals surface area contributed by atoms with E-state index in [1.807, 2.05) is 0 Å². The second-order valence-corrected chi connectivity index (χ2v) is 4.44. The molecular weight excluding hydrogens is 295 g/mol. The lowest BCUT2D eigenvalue weighted by atomic mass is 10.1. The fourth-order valence-electron chi connectivity index (χ4n) is 1.92. The van der Waals surface area contributed by atoms with Crippen molar-refractivity contribution in [2.75, 3.05) is 0 Å². The molecule has 2 heterocycles. The van der Waals surface area contributed by atoms with E-state index in [4.69, 9.17) is 4.74 Å². The normalized spacial score (nSPS) is 10.7. The van der Waals surface area contributed by atoms with Crippen molar-refractivity contribution in [3.05, 3.63) is 66.1 Å². The van der Waals surface area contributed by atoms with E-state index in [9.17, 15) is 13.2 Å². The van der Waals surface area contributed by atoms with Gasteiger partial charge in [0.25, 0.3) is 0 Å². The number of benzene rings is 1. The number of hydrogen-bond acceptors (Lipinski definition) is 3. The quantitative estimate of drug-likeness (QED) is 0.751. The van der Waals surface area contributed by atoms with E-state index in [1.165, 1.54) is 18.2 Å². The summed E-state index contributed by atoms with van der Waals surface area (Å²) in [6.45, 7) is 0.0848. The van der Waals surface area contributed by atoms with E-state index in [0.717, 1.165) is 12.1 Å². The van der Waals surface area contributed by atoms with Gasteiger partial charge in [0.1, 0.15) is 18.2 Å². The monoisotopic (exact) mass is 305 g/mol. The summed E-state index contributed by atoms with van der Waals surface area (Å²) in [6, 6.07) is 6.01. The number of pyridine rings is 1. The third-order valence-corrected chi connectivity index (χ3v) is 2.93. The summed E-state index contributed by atoms with van der Waals surface area (Å²) >= 11 is 0. The summed E-state index contributed by atoms with van der Waals surface area (Å²) in [6.07, 6.45) is 3.18. The fourth-order valence-corrected chi connectivity index (χ4v) is 1.92. The van der Waals surface area contributed by atoms with Gasteiger partial charge in [-0.3, -0.25) is 0 Å². The van der Waals surface area contributed by atoms with Crippen LogP contribution in [0.5, 0.6) is 5.75 Å². The first-order valence-corrected chi connectivity index (χ1v) is 6.36. The highest BCUT2D eigenvalue weighted by Crippen LogP contribution is 2.26. The Morgan fingerprint density at radius 2 is 2.00 bits per heavy atom. The lowest BCUT2D eigenvalue weighted by molar-refractivity contribution is 0.295. The topological polar surface area (TPSA) is 50.8 Å². The Morgan fingerprint density at radius 3 is 2.77 bits per heavy atom. The Labute approximate surface area is 123 Å². The van der Waals surface area contributed by atoms with Crippen LogP contribution in [0.2, 0.25) is 0 Å². The summed E-state index contributed by atoms with van der Waals surface area (Å²) in [5, 5.41) is 0. The zero-order valence-electron chi connectivity index (χ0n) is 11.2. The van der Waals surface area contributed by atoms with Gasteiger partial charge in [0.15, 0.2) is 11.6 Å². The molecule has 22 heavy (non-hydrogen) atoms. The Balaban J connectivity index is 1.91. The van der Waals surface area contributed by atoms with Crippen LogP contribution in [0.1, 0.15) is 5.82 Å². The van der Waals surface area contributed by atoms with Gasteiger partial charge in [-0.25, -0.2) is 18.7 Å². The van der Waals surface area contributed by atoms with Gasteiger partial charge in [-0.1, -0.05) is 6.07 Å². The molecule has 0 aliphatic heterocycles. The number of rotatable bonds is 4. The molecule has 0 radical (unpaired) electrons. The van der Waals surface area contributed by atoms with E-state index in [0.29, 0.717) is 5.82 Å². The highest BCUT2D eigenvalue weighted by molar-refractivity contribution is 5.61. The molecule has 3 aromatic rings. The van der Waals surface area contributed by atoms with Gasteiger partial charge in [-0.2, -0.15) is 4.39 Å². The van der Waals surface area contributed by atoms with Crippen LogP contribution in [-0.4, -0.2) is 15.0 Å². The molecule has 0 aliphatic carbocycles. The number of H-pyrrole nitrogens is 1. The standard InChI is InChI=1S/C15H10F3N3O/c16-11-3-1-2-10(15(11)18)12-6-9(7-13(17)21-12)22-8-14-19-4-5-20-14/h1-7H,8H2,(H,19,20). The van der Waals surface area contributed by atoms with Crippen LogP contribution >= 0.6 is 0 Å². The maximum Gasteiger partial charge on any atom is 0.217 e. The lowest BCUT2D eigenvalue weighted by Gasteiger charge is -2.08. The van der Waals surface area contributed by atoms with Gasteiger partial charge >= 0.3 is 0 Å². The first-order chi connectivity index (χ1) is 10.6. The van der Waals surface area contributed by atoms with E-state index < -0.39 is 17.6 Å². The number of aromatic nitrogens is 3. The number of nitrogens with zero attached hydrogens (tertiary/aromatic N) is 2. The summed E-state index contributed by atoms with van der Waals surface area (Å²) < 4.78 is 46.0. The van der Waals surface area contributed by atoms with Gasteiger partial charge in [0.2, 0.25) is 5.95 Å². The predicted molar refractivity (Wildman–Crippen MR) is 72.5 cm³/mol. The molecular formula is C15H10F3N3O. The average Bonchev–Trinajstić information content (AvgIpc) is 3.01. The van der Waals surface area contributed by atoms with Crippen molar-refractivity contribution in [3.63, 3.8) is 0 Å². The van der Waals surface area contributed by atoms with Gasteiger partial charge in [0, 0.05) is 30.1 Å². The highest BCUT2D eigenvalue weighted by atomic mass is 19.2. The molecule has 0 amide bonds. The summed E-state index contributed by atoms with van der Waals surface area (Å²) in [5.74, 6) is -2.27. The first kappa shape index (κ1) is 14.1. The molecule has 0 saturated carbocycles. The fraction of sp³-hybridized carbons (Fsp3) is 0.0667. The molecule has 1 N–H and O–H groups in total. The molecule has 3 rings (SSSR count). The Morgan fingerprint density at radius 1 is 1.14 bits per heavy atom. The third kappa shape index (κ3) is 2.93. The van der Waals surface area contributed by atoms with Crippen LogP contribution in [0.15, 0.2) is 42.7 Å². The maximum atomic E-state index is 13.8. The van der Waals surface area contributed by atoms with Crippen molar-refractivity contribution in [1.29, 1.82) is 0 Å². The van der Waals surface area contributed by atoms with Crippen molar-refractivity contribution < 1.29 is 17.9 Å². The molecule has 2 aromatic heterocycles. The van der Waals surface area contributed by atoms with E-state index in [1.54, 1.807) is 12.4 Å². The minimum absolute atomic E-state index is 0.0496. The van der Waals surface area contributed by atoms with Gasteiger partial charge < -0.3 is 9.72 Å². The van der Waals surface area contributed by atoms with Crippen LogP contribution in [0, 0.1) is 17.6 Å². The smallest absolute Gasteiger partial charge is 0.217 e. The molecule has 0 unspecified atom stereocenters. The van der Waals surface area contributed by atoms with Crippen LogP contribution in [0.25, 0.3) is 11.3 Å². The van der Waals surface area contributed by atoms with Gasteiger partial charge in [-0.15, -0.1) is 0 Å². The summed E-state index contributed by atoms with van der Waals surface area (Å²) in [4.78, 5) is 10.4. The van der Waals surface area contributed by atoms with Crippen LogP contribution in [0.4, 0.5) is 13.2 Å². The molecule has 0 atom stereocenters. The third-order valence-electron chi connectivity index (χ3n) is 2.93. The molecule has 0 saturated heterocycles. The van der Waals surface area contributed by atoms with E-state index in [2.05, 4.69) is 15.0 Å². The maximum absolute atomic E-state index is 13.8. The van der Waals surface area contributed by atoms with Crippen molar-refractivity contribution in [2.24, 2.45) is 0 Å². The summed E-state index contributed by atoms with van der Waals surface area (Å²) in [5.41, 5.74) is -0.186. The second kappa shape index (κ2) is 5.88. The molecule has 0 bridgehead atoms. The lowest BCUT2D eigenvalue weighted by Crippen LogP contribution is -2.00. The molecule has 112 valence electrons. The van der Waals surface area contributed by atoms with Crippen molar-refractivity contribution in [3.8, 4) is 17.0 Å². The van der Waals surface area contributed by atoms with Crippen molar-refractivity contribution in [2.45, 2.75) is 6.61 Å². The number of hydrogen-bond donors (Lipinski definition) is 1. The van der Waals surface area contributed by atoms with Crippen LogP contribution in [-0.2, 0) is 6.61 Å². The zero-order chi connectivity index (χ0) is 15.5. The van der Waals surface area contributed by atoms with Crippen LogP contribution < -0.4 is 4.74 Å². The zero-order valence-corrected chi connectivity index (χ0v) is 11.2. The molecule has 4 nitrogen and oxygen atoms in total. The molecule has 0 aliphatic rings. The van der Waals surface area contributed by atoms with Gasteiger partial charge in [0.05, 0.1) is 5.69 Å². The molecule has 0 spiro atoms. The number of nitrogens with one attached hydrogen (secondary N) is 1. The Hall–Kier alpha value is -2.83. The molecule has 0 fully saturated rings. The molecule has 1 aromatic carbocycles. The largest absolute Gasteiger partial charge is 0.485 e. The van der Waals surface area contributed by atoms with Crippen molar-refractivity contribution in [1.82, 2.24) is 15.0 Å². The SMILES string of the molecule is Fc1cc(OCc2ncc[nH]2)cc(-c2cccc(F)c2F)n1. The molecule has 7 heteroatoms. The Bertz CT molecular complexity index is 791. The first-order valence-electron chi connectivity index (χ1n) is 6.36. The highest BCUT2D eigenvalue weighted by Gasteiger charge is 2.13. The number of aromatic amines is 1. The van der Waals surface area contributed by atoms with Crippen molar-refractivity contribution >= 4 is 0 Å². The van der Waals surface area contributed by atoms with Gasteiger partial charge in [-0.05, 0) is 12.1 Å². The average molecular weight is 305 g/mol. The minimum Gasteiger partial charge on any atom is -0.485 e. The number of halogens is 3. The summed E-state index contributed by atoms with van der Waals surface area (Å²) in [7, 11) is 0. The number of imidazole rings is 1.